The fraction of sp³-hybridized carbons (Fsp3) is 0.571. The predicted octanol–water partition coefficient (Wildman–Crippen LogP) is 0.979. The quantitative estimate of drug-likeness (QED) is 0.821. The van der Waals surface area contributed by atoms with Gasteiger partial charge in [0.2, 0.25) is 0 Å². The van der Waals surface area contributed by atoms with Gasteiger partial charge in [-0.15, -0.1) is 0 Å². The number of nitrogens with zero attached hydrogens (tertiary/aromatic N) is 2. The van der Waals surface area contributed by atoms with Crippen molar-refractivity contribution in [1.29, 1.82) is 0 Å². The lowest BCUT2D eigenvalue weighted by molar-refractivity contribution is -0.151. The molecule has 0 bridgehead atoms. The number of ether oxygens (including phenoxy) is 1. The average molecular weight is 263 g/mol. The Morgan fingerprint density at radius 3 is 3.00 bits per heavy atom. The molecule has 2 rings (SSSR count). The smallest absolute Gasteiger partial charge is 0.324 e. The van der Waals surface area contributed by atoms with Crippen LogP contribution in [0.1, 0.15) is 25.5 Å². The summed E-state index contributed by atoms with van der Waals surface area (Å²) in [6.07, 6.45) is 3.57. The van der Waals surface area contributed by atoms with E-state index in [1.807, 2.05) is 19.1 Å². The van der Waals surface area contributed by atoms with Crippen molar-refractivity contribution in [2.75, 3.05) is 26.2 Å². The third-order valence-electron chi connectivity index (χ3n) is 3.53. The number of hydrogen-bond acceptors (Lipinski definition) is 5. The van der Waals surface area contributed by atoms with Crippen molar-refractivity contribution in [3.63, 3.8) is 0 Å². The first-order chi connectivity index (χ1) is 9.24. The van der Waals surface area contributed by atoms with E-state index in [0.717, 1.165) is 13.1 Å². The van der Waals surface area contributed by atoms with Crippen molar-refractivity contribution >= 4 is 5.97 Å². The summed E-state index contributed by atoms with van der Waals surface area (Å²) in [5.74, 6) is -0.143. The highest BCUT2D eigenvalue weighted by molar-refractivity contribution is 5.76. The molecule has 1 N–H and O–H groups in total. The molecule has 1 aromatic rings. The topological polar surface area (TPSA) is 54.5 Å². The van der Waals surface area contributed by atoms with Crippen LogP contribution >= 0.6 is 0 Å². The van der Waals surface area contributed by atoms with Gasteiger partial charge in [-0.2, -0.15) is 0 Å². The van der Waals surface area contributed by atoms with Crippen LogP contribution in [-0.4, -0.2) is 48.1 Å². The highest BCUT2D eigenvalue weighted by Crippen LogP contribution is 2.23. The van der Waals surface area contributed by atoms with Crippen LogP contribution in [0.15, 0.2) is 24.5 Å². The molecule has 104 valence electrons. The van der Waals surface area contributed by atoms with Crippen LogP contribution in [0.2, 0.25) is 0 Å². The molecule has 1 aromatic heterocycles. The highest BCUT2D eigenvalue weighted by Gasteiger charge is 2.33. The van der Waals surface area contributed by atoms with E-state index in [4.69, 9.17) is 4.74 Å². The van der Waals surface area contributed by atoms with Crippen molar-refractivity contribution in [3.05, 3.63) is 30.1 Å². The normalized spacial score (nSPS) is 21.9. The summed E-state index contributed by atoms with van der Waals surface area (Å²) in [5.41, 5.74) is 1.17. The Balaban J connectivity index is 2.13. The monoisotopic (exact) mass is 263 g/mol. The second kappa shape index (κ2) is 6.63. The van der Waals surface area contributed by atoms with Crippen LogP contribution in [0.4, 0.5) is 0 Å². The molecule has 2 unspecified atom stereocenters. The zero-order valence-corrected chi connectivity index (χ0v) is 11.5. The molecule has 2 atom stereocenters. The van der Waals surface area contributed by atoms with Crippen LogP contribution in [0.5, 0.6) is 0 Å². The fourth-order valence-electron chi connectivity index (χ4n) is 2.47. The molecule has 5 nitrogen and oxygen atoms in total. The first-order valence-corrected chi connectivity index (χ1v) is 6.77. The number of carbonyl (C=O) groups excluding carboxylic acids is 1. The van der Waals surface area contributed by atoms with Gasteiger partial charge in [0.25, 0.3) is 0 Å². The minimum absolute atomic E-state index is 0.143. The Kier molecular flexibility index (Phi) is 4.87. The molecule has 1 saturated heterocycles. The van der Waals surface area contributed by atoms with Crippen molar-refractivity contribution < 1.29 is 9.53 Å². The number of aromatic nitrogens is 1. The summed E-state index contributed by atoms with van der Waals surface area (Å²) < 4.78 is 5.16. The summed E-state index contributed by atoms with van der Waals surface area (Å²) in [7, 11) is 0. The zero-order chi connectivity index (χ0) is 13.7. The summed E-state index contributed by atoms with van der Waals surface area (Å²) in [5, 5.41) is 3.26. The van der Waals surface area contributed by atoms with Gasteiger partial charge in [-0.05, 0) is 31.5 Å². The minimum Gasteiger partial charge on any atom is -0.465 e. The molecule has 5 heteroatoms. The van der Waals surface area contributed by atoms with Crippen LogP contribution in [0.25, 0.3) is 0 Å². The number of esters is 1. The van der Waals surface area contributed by atoms with Crippen LogP contribution < -0.4 is 5.32 Å². The van der Waals surface area contributed by atoms with E-state index in [0.29, 0.717) is 13.2 Å². The first kappa shape index (κ1) is 14.0. The first-order valence-electron chi connectivity index (χ1n) is 6.77. The van der Waals surface area contributed by atoms with E-state index in [1.54, 1.807) is 12.4 Å². The molecular weight excluding hydrogens is 242 g/mol. The third-order valence-corrected chi connectivity index (χ3v) is 3.53. The standard InChI is InChI=1S/C14H21N3O2/c1-3-19-14(18)13-10-16-8-9-17(13)11(2)12-4-6-15-7-5-12/h4-7,11,13,16H,3,8-10H2,1-2H3. The maximum Gasteiger partial charge on any atom is 0.324 e. The predicted molar refractivity (Wildman–Crippen MR) is 72.6 cm³/mol. The average Bonchev–Trinajstić information content (AvgIpc) is 2.47. The lowest BCUT2D eigenvalue weighted by atomic mass is 10.0. The van der Waals surface area contributed by atoms with Crippen molar-refractivity contribution in [2.24, 2.45) is 0 Å². The largest absolute Gasteiger partial charge is 0.465 e. The molecular formula is C14H21N3O2. The Morgan fingerprint density at radius 1 is 1.58 bits per heavy atom. The second-order valence-electron chi connectivity index (χ2n) is 4.67. The van der Waals surface area contributed by atoms with Crippen molar-refractivity contribution in [3.8, 4) is 0 Å². The summed E-state index contributed by atoms with van der Waals surface area (Å²) in [6.45, 7) is 6.76. The van der Waals surface area contributed by atoms with E-state index in [-0.39, 0.29) is 18.1 Å². The number of rotatable bonds is 4. The molecule has 0 spiro atoms. The molecule has 1 fully saturated rings. The highest BCUT2D eigenvalue weighted by atomic mass is 16.5. The van der Waals surface area contributed by atoms with Gasteiger partial charge in [0.05, 0.1) is 6.61 Å². The minimum atomic E-state index is -0.211. The molecule has 0 radical (unpaired) electrons. The van der Waals surface area contributed by atoms with Gasteiger partial charge in [0.15, 0.2) is 0 Å². The van der Waals surface area contributed by atoms with E-state index in [2.05, 4.69) is 22.1 Å². The molecule has 1 aliphatic heterocycles. The Hall–Kier alpha value is -1.46. The Bertz CT molecular complexity index is 410. The molecule has 19 heavy (non-hydrogen) atoms. The van der Waals surface area contributed by atoms with Gasteiger partial charge in [-0.3, -0.25) is 14.7 Å². The fourth-order valence-corrected chi connectivity index (χ4v) is 2.47. The lowest BCUT2D eigenvalue weighted by Gasteiger charge is -2.38. The number of pyridine rings is 1. The number of piperazine rings is 1. The summed E-state index contributed by atoms with van der Waals surface area (Å²) in [4.78, 5) is 18.3. The molecule has 1 aliphatic rings. The van der Waals surface area contributed by atoms with E-state index < -0.39 is 0 Å². The molecule has 0 aliphatic carbocycles. The van der Waals surface area contributed by atoms with E-state index in [9.17, 15) is 4.79 Å². The van der Waals surface area contributed by atoms with Crippen molar-refractivity contribution in [1.82, 2.24) is 15.2 Å². The Morgan fingerprint density at radius 2 is 2.32 bits per heavy atom. The van der Waals surface area contributed by atoms with E-state index >= 15 is 0 Å². The molecule has 0 aromatic carbocycles. The number of hydrogen-bond donors (Lipinski definition) is 1. The Labute approximate surface area is 114 Å². The maximum atomic E-state index is 12.0. The van der Waals surface area contributed by atoms with E-state index in [1.165, 1.54) is 5.56 Å². The van der Waals surface area contributed by atoms with Gasteiger partial charge < -0.3 is 10.1 Å². The van der Waals surface area contributed by atoms with Crippen LogP contribution in [-0.2, 0) is 9.53 Å². The third kappa shape index (κ3) is 3.30. The van der Waals surface area contributed by atoms with Crippen LogP contribution in [0, 0.1) is 0 Å². The second-order valence-corrected chi connectivity index (χ2v) is 4.67. The molecule has 0 saturated carbocycles. The van der Waals surface area contributed by atoms with Gasteiger partial charge in [-0.1, -0.05) is 0 Å². The number of nitrogens with one attached hydrogen (secondary N) is 1. The summed E-state index contributed by atoms with van der Waals surface area (Å²) >= 11 is 0. The molecule has 2 heterocycles. The summed E-state index contributed by atoms with van der Waals surface area (Å²) in [6, 6.07) is 3.96. The van der Waals surface area contributed by atoms with Crippen LogP contribution in [0.3, 0.4) is 0 Å². The SMILES string of the molecule is CCOC(=O)C1CNCCN1C(C)c1ccncc1. The molecule has 0 amide bonds. The zero-order valence-electron chi connectivity index (χ0n) is 11.5. The van der Waals surface area contributed by atoms with Gasteiger partial charge >= 0.3 is 5.97 Å². The van der Waals surface area contributed by atoms with Gasteiger partial charge in [0.1, 0.15) is 6.04 Å². The lowest BCUT2D eigenvalue weighted by Crippen LogP contribution is -2.55. The maximum absolute atomic E-state index is 12.0. The van der Waals surface area contributed by atoms with Gasteiger partial charge in [-0.25, -0.2) is 0 Å². The number of carbonyl (C=O) groups is 1. The van der Waals surface area contributed by atoms with Gasteiger partial charge in [0, 0.05) is 38.1 Å². The van der Waals surface area contributed by atoms with Crippen molar-refractivity contribution in [2.45, 2.75) is 25.9 Å².